The molecule has 2 aromatic rings. The smallest absolute Gasteiger partial charge is 0.335 e. The Hall–Kier alpha value is -2.62. The molecule has 0 heterocycles. The molecule has 28 heavy (non-hydrogen) atoms. The minimum Gasteiger partial charge on any atom is -0.364 e. The molecule has 150 valence electrons. The first-order valence-electron chi connectivity index (χ1n) is 7.82. The fraction of sp³-hybridized carbons (Fsp3) is 0.222. The van der Waals surface area contributed by atoms with Gasteiger partial charge in [0.1, 0.15) is 36.5 Å². The average Bonchev–Trinajstić information content (AvgIpc) is 2.64. The molecule has 3 amide bonds. The van der Waals surface area contributed by atoms with Crippen molar-refractivity contribution in [3.8, 4) is 0 Å². The fourth-order valence-corrected chi connectivity index (χ4v) is 2.53. The zero-order chi connectivity index (χ0) is 20.8. The quantitative estimate of drug-likeness (QED) is 0.667. The predicted octanol–water partition coefficient (Wildman–Crippen LogP) is 4.03. The molecule has 0 unspecified atom stereocenters. The largest absolute Gasteiger partial charge is 0.364 e. The van der Waals surface area contributed by atoms with Gasteiger partial charge in [0.25, 0.3) is 5.91 Å². The fourth-order valence-electron chi connectivity index (χ4n) is 2.37. The van der Waals surface area contributed by atoms with E-state index in [2.05, 4.69) is 0 Å². The molecule has 0 bridgehead atoms. The van der Waals surface area contributed by atoms with Crippen LogP contribution in [-0.2, 0) is 9.47 Å². The number of hydrogen-bond donors (Lipinski definition) is 0. The van der Waals surface area contributed by atoms with Crippen LogP contribution in [0.4, 0.5) is 23.7 Å². The van der Waals surface area contributed by atoms with Crippen LogP contribution in [0.3, 0.4) is 0 Å². The number of ether oxygens (including phenoxy) is 2. The van der Waals surface area contributed by atoms with E-state index >= 15 is 0 Å². The van der Waals surface area contributed by atoms with Crippen LogP contribution in [0.5, 0.6) is 0 Å². The Bertz CT molecular complexity index is 862. The Morgan fingerprint density at radius 1 is 0.964 bits per heavy atom. The van der Waals surface area contributed by atoms with E-state index in [1.165, 1.54) is 26.4 Å². The van der Waals surface area contributed by atoms with Crippen LogP contribution in [0.1, 0.15) is 10.4 Å². The number of methoxy groups -OCH3 is 2. The van der Waals surface area contributed by atoms with Crippen molar-refractivity contribution in [2.24, 2.45) is 0 Å². The topological polar surface area (TPSA) is 59.1 Å². The van der Waals surface area contributed by atoms with E-state index in [-0.39, 0.29) is 10.7 Å². The first-order chi connectivity index (χ1) is 13.3. The van der Waals surface area contributed by atoms with E-state index in [1.54, 1.807) is 0 Å². The Kier molecular flexibility index (Phi) is 7.38. The number of halogens is 4. The first kappa shape index (κ1) is 21.7. The summed E-state index contributed by atoms with van der Waals surface area (Å²) in [5.74, 6) is -4.47. The number of nitrogens with zero attached hydrogens (tertiary/aromatic N) is 2. The standard InChI is InChI=1S/C18H16ClF3N2O4/c1-27-9-23(15-7-6-11(19)8-14(15)22)18(26)24(10-28-2)17(25)16-12(20)4-3-5-13(16)21/h3-8H,9-10H2,1-2H3. The molecule has 0 aromatic heterocycles. The second-order valence-corrected chi connectivity index (χ2v) is 5.91. The van der Waals surface area contributed by atoms with Crippen molar-refractivity contribution in [1.29, 1.82) is 0 Å². The van der Waals surface area contributed by atoms with Gasteiger partial charge in [0.05, 0.1) is 5.69 Å². The molecule has 2 rings (SSSR count). The minimum atomic E-state index is -1.29. The van der Waals surface area contributed by atoms with Crippen molar-refractivity contribution in [2.45, 2.75) is 0 Å². The number of imide groups is 1. The molecule has 0 aliphatic rings. The van der Waals surface area contributed by atoms with Gasteiger partial charge < -0.3 is 9.47 Å². The van der Waals surface area contributed by atoms with Gasteiger partial charge in [0.15, 0.2) is 0 Å². The molecule has 0 radical (unpaired) electrons. The zero-order valence-corrected chi connectivity index (χ0v) is 15.7. The van der Waals surface area contributed by atoms with E-state index in [4.69, 9.17) is 21.1 Å². The Morgan fingerprint density at radius 2 is 1.57 bits per heavy atom. The van der Waals surface area contributed by atoms with Gasteiger partial charge in [0, 0.05) is 19.2 Å². The molecule has 10 heteroatoms. The molecular weight excluding hydrogens is 401 g/mol. The van der Waals surface area contributed by atoms with Gasteiger partial charge in [-0.05, 0) is 30.3 Å². The third-order valence-corrected chi connectivity index (χ3v) is 3.84. The van der Waals surface area contributed by atoms with Gasteiger partial charge in [-0.15, -0.1) is 0 Å². The van der Waals surface area contributed by atoms with Gasteiger partial charge in [-0.3, -0.25) is 9.69 Å². The van der Waals surface area contributed by atoms with Crippen LogP contribution in [0.2, 0.25) is 5.02 Å². The van der Waals surface area contributed by atoms with Gasteiger partial charge >= 0.3 is 6.03 Å². The van der Waals surface area contributed by atoms with E-state index in [1.807, 2.05) is 0 Å². The number of benzene rings is 2. The van der Waals surface area contributed by atoms with Gasteiger partial charge in [-0.25, -0.2) is 22.9 Å². The number of urea groups is 1. The van der Waals surface area contributed by atoms with Crippen LogP contribution < -0.4 is 4.90 Å². The zero-order valence-electron chi connectivity index (χ0n) is 14.9. The van der Waals surface area contributed by atoms with Gasteiger partial charge in [0.2, 0.25) is 0 Å². The second-order valence-electron chi connectivity index (χ2n) is 5.47. The first-order valence-corrected chi connectivity index (χ1v) is 8.19. The number of amides is 3. The molecule has 0 atom stereocenters. The summed E-state index contributed by atoms with van der Waals surface area (Å²) in [6.07, 6.45) is 0. The maximum atomic E-state index is 14.3. The lowest BCUT2D eigenvalue weighted by atomic mass is 10.1. The summed E-state index contributed by atoms with van der Waals surface area (Å²) < 4.78 is 52.0. The number of carbonyl (C=O) groups excluding carboxylic acids is 2. The third kappa shape index (κ3) is 4.61. The summed E-state index contributed by atoms with van der Waals surface area (Å²) in [5, 5.41) is 0.0873. The van der Waals surface area contributed by atoms with E-state index < -0.39 is 48.4 Å². The van der Waals surface area contributed by atoms with Crippen molar-refractivity contribution < 1.29 is 32.2 Å². The molecule has 0 aliphatic carbocycles. The molecule has 0 spiro atoms. The van der Waals surface area contributed by atoms with Crippen LogP contribution in [-0.4, -0.2) is 44.5 Å². The maximum absolute atomic E-state index is 14.3. The summed E-state index contributed by atoms with van der Waals surface area (Å²) in [6.45, 7) is -1.09. The minimum absolute atomic E-state index is 0.0873. The monoisotopic (exact) mass is 416 g/mol. The van der Waals surface area contributed by atoms with Crippen molar-refractivity contribution in [1.82, 2.24) is 4.90 Å². The molecule has 0 fully saturated rings. The van der Waals surface area contributed by atoms with Crippen LogP contribution in [0, 0.1) is 17.5 Å². The predicted molar refractivity (Wildman–Crippen MR) is 95.6 cm³/mol. The molecule has 0 aliphatic heterocycles. The summed E-state index contributed by atoms with van der Waals surface area (Å²) >= 11 is 5.71. The highest BCUT2D eigenvalue weighted by Gasteiger charge is 2.32. The molecule has 0 saturated carbocycles. The van der Waals surface area contributed by atoms with E-state index in [9.17, 15) is 22.8 Å². The molecule has 0 saturated heterocycles. The SMILES string of the molecule is COCN(C(=O)c1c(F)cccc1F)C(=O)N(COC)c1ccc(Cl)cc1F. The Balaban J connectivity index is 2.47. The van der Waals surface area contributed by atoms with Crippen molar-refractivity contribution >= 4 is 29.2 Å². The van der Waals surface area contributed by atoms with Gasteiger partial charge in [-0.1, -0.05) is 17.7 Å². The Labute approximate surface area is 164 Å². The highest BCUT2D eigenvalue weighted by Crippen LogP contribution is 2.25. The summed E-state index contributed by atoms with van der Waals surface area (Å²) in [7, 11) is 2.42. The number of carbonyl (C=O) groups is 2. The van der Waals surface area contributed by atoms with Gasteiger partial charge in [-0.2, -0.15) is 0 Å². The molecule has 2 aromatic carbocycles. The normalized spacial score (nSPS) is 10.6. The van der Waals surface area contributed by atoms with Crippen molar-refractivity contribution in [2.75, 3.05) is 32.6 Å². The molecule has 6 nitrogen and oxygen atoms in total. The lowest BCUT2D eigenvalue weighted by Crippen LogP contribution is -2.48. The maximum Gasteiger partial charge on any atom is 0.335 e. The second kappa shape index (κ2) is 9.54. The Morgan fingerprint density at radius 3 is 2.11 bits per heavy atom. The third-order valence-electron chi connectivity index (χ3n) is 3.60. The van der Waals surface area contributed by atoms with Crippen LogP contribution in [0.25, 0.3) is 0 Å². The van der Waals surface area contributed by atoms with E-state index in [0.29, 0.717) is 4.90 Å². The highest BCUT2D eigenvalue weighted by molar-refractivity contribution is 6.30. The summed E-state index contributed by atoms with van der Waals surface area (Å²) in [4.78, 5) is 26.8. The number of rotatable bonds is 6. The summed E-state index contributed by atoms with van der Waals surface area (Å²) in [5.41, 5.74) is -1.19. The number of anilines is 1. The highest BCUT2D eigenvalue weighted by atomic mass is 35.5. The lowest BCUT2D eigenvalue weighted by Gasteiger charge is -2.29. The molecule has 0 N–H and O–H groups in total. The van der Waals surface area contributed by atoms with Crippen LogP contribution in [0.15, 0.2) is 36.4 Å². The van der Waals surface area contributed by atoms with Crippen LogP contribution >= 0.6 is 11.6 Å². The average molecular weight is 417 g/mol. The lowest BCUT2D eigenvalue weighted by molar-refractivity contribution is 0.0525. The molecular formula is C18H16ClF3N2O4. The van der Waals surface area contributed by atoms with Crippen molar-refractivity contribution in [3.63, 3.8) is 0 Å². The number of hydrogen-bond acceptors (Lipinski definition) is 4. The van der Waals surface area contributed by atoms with Crippen molar-refractivity contribution in [3.05, 3.63) is 64.4 Å². The van der Waals surface area contributed by atoms with E-state index in [0.717, 1.165) is 29.2 Å². The summed E-state index contributed by atoms with van der Waals surface area (Å²) in [6, 6.07) is 5.20.